The summed E-state index contributed by atoms with van der Waals surface area (Å²) in [5.41, 5.74) is 2.10. The Morgan fingerprint density at radius 2 is 1.84 bits per heavy atom. The normalized spacial score (nSPS) is 16.1. The molecule has 1 N–H and O–H groups in total. The molecule has 1 aromatic carbocycles. The second-order valence-corrected chi connectivity index (χ2v) is 7.74. The van der Waals surface area contributed by atoms with Crippen LogP contribution in [0.15, 0.2) is 24.3 Å². The maximum atomic E-state index is 12.1. The third kappa shape index (κ3) is 6.67. The molecule has 0 unspecified atom stereocenters. The SMILES string of the molecule is COCc1ccccc1CNCC1CCN(C(=O)OC(C)(C)C)CC1. The first-order valence-corrected chi connectivity index (χ1v) is 9.13. The van der Waals surface area contributed by atoms with E-state index in [0.29, 0.717) is 12.5 Å². The van der Waals surface area contributed by atoms with E-state index in [1.807, 2.05) is 31.7 Å². The van der Waals surface area contributed by atoms with Gasteiger partial charge in [-0.3, -0.25) is 0 Å². The third-order valence-corrected chi connectivity index (χ3v) is 4.43. The minimum atomic E-state index is -0.426. The van der Waals surface area contributed by atoms with Gasteiger partial charge in [0, 0.05) is 26.7 Å². The van der Waals surface area contributed by atoms with Gasteiger partial charge in [0.05, 0.1) is 6.61 Å². The van der Waals surface area contributed by atoms with Crippen LogP contribution in [-0.4, -0.2) is 43.3 Å². The van der Waals surface area contributed by atoms with Crippen molar-refractivity contribution in [3.8, 4) is 0 Å². The molecule has 2 rings (SSSR count). The van der Waals surface area contributed by atoms with Gasteiger partial charge < -0.3 is 19.7 Å². The molecule has 0 saturated carbocycles. The fourth-order valence-corrected chi connectivity index (χ4v) is 3.08. The van der Waals surface area contributed by atoms with E-state index in [-0.39, 0.29) is 6.09 Å². The maximum absolute atomic E-state index is 12.1. The topological polar surface area (TPSA) is 50.8 Å². The molecule has 1 amide bonds. The summed E-state index contributed by atoms with van der Waals surface area (Å²) in [5.74, 6) is 0.605. The number of ether oxygens (including phenoxy) is 2. The molecule has 5 heteroatoms. The van der Waals surface area contributed by atoms with Crippen LogP contribution in [0.2, 0.25) is 0 Å². The number of nitrogens with zero attached hydrogens (tertiary/aromatic N) is 1. The Labute approximate surface area is 151 Å². The van der Waals surface area contributed by atoms with Crippen molar-refractivity contribution in [1.82, 2.24) is 10.2 Å². The Hall–Kier alpha value is -1.59. The minimum absolute atomic E-state index is 0.188. The quantitative estimate of drug-likeness (QED) is 0.854. The standard InChI is InChI=1S/C20H32N2O3/c1-20(2,3)25-19(23)22-11-9-16(10-12-22)13-21-14-17-7-5-6-8-18(17)15-24-4/h5-8,16,21H,9-15H2,1-4H3. The van der Waals surface area contributed by atoms with Crippen molar-refractivity contribution in [2.24, 2.45) is 5.92 Å². The Morgan fingerprint density at radius 3 is 2.44 bits per heavy atom. The average Bonchev–Trinajstić information content (AvgIpc) is 2.56. The van der Waals surface area contributed by atoms with Crippen LogP contribution < -0.4 is 5.32 Å². The highest BCUT2D eigenvalue weighted by atomic mass is 16.6. The highest BCUT2D eigenvalue weighted by Crippen LogP contribution is 2.19. The van der Waals surface area contributed by atoms with Gasteiger partial charge in [-0.2, -0.15) is 0 Å². The summed E-state index contributed by atoms with van der Waals surface area (Å²) in [6.07, 6.45) is 1.85. The molecule has 1 aliphatic rings. The fraction of sp³-hybridized carbons (Fsp3) is 0.650. The Morgan fingerprint density at radius 1 is 1.20 bits per heavy atom. The van der Waals surface area contributed by atoms with Crippen LogP contribution in [0.25, 0.3) is 0 Å². The van der Waals surface area contributed by atoms with E-state index in [4.69, 9.17) is 9.47 Å². The van der Waals surface area contributed by atoms with Crippen LogP contribution in [0.5, 0.6) is 0 Å². The van der Waals surface area contributed by atoms with Crippen molar-refractivity contribution < 1.29 is 14.3 Å². The molecular formula is C20H32N2O3. The molecule has 140 valence electrons. The second-order valence-electron chi connectivity index (χ2n) is 7.74. The van der Waals surface area contributed by atoms with E-state index >= 15 is 0 Å². The maximum Gasteiger partial charge on any atom is 0.410 e. The van der Waals surface area contributed by atoms with Crippen molar-refractivity contribution in [3.63, 3.8) is 0 Å². The van der Waals surface area contributed by atoms with Crippen LogP contribution in [-0.2, 0) is 22.6 Å². The molecule has 0 bridgehead atoms. The predicted octanol–water partition coefficient (Wildman–Crippen LogP) is 3.57. The van der Waals surface area contributed by atoms with E-state index < -0.39 is 5.60 Å². The molecule has 1 aliphatic heterocycles. The van der Waals surface area contributed by atoms with Gasteiger partial charge >= 0.3 is 6.09 Å². The number of rotatable bonds is 6. The van der Waals surface area contributed by atoms with Crippen LogP contribution >= 0.6 is 0 Å². The molecule has 0 radical (unpaired) electrons. The van der Waals surface area contributed by atoms with Crippen molar-refractivity contribution in [3.05, 3.63) is 35.4 Å². The molecule has 0 aromatic heterocycles. The van der Waals surface area contributed by atoms with Crippen molar-refractivity contribution in [2.75, 3.05) is 26.7 Å². The van der Waals surface area contributed by atoms with E-state index in [1.54, 1.807) is 7.11 Å². The van der Waals surface area contributed by atoms with Crippen LogP contribution in [0.1, 0.15) is 44.7 Å². The number of hydrogen-bond donors (Lipinski definition) is 1. The molecule has 1 aromatic rings. The molecule has 0 atom stereocenters. The summed E-state index contributed by atoms with van der Waals surface area (Å²) in [6, 6.07) is 8.37. The number of nitrogens with one attached hydrogen (secondary N) is 1. The van der Waals surface area contributed by atoms with E-state index in [2.05, 4.69) is 23.5 Å². The summed E-state index contributed by atoms with van der Waals surface area (Å²) in [5, 5.41) is 3.56. The van der Waals surface area contributed by atoms with Gasteiger partial charge in [-0.1, -0.05) is 24.3 Å². The number of hydrogen-bond acceptors (Lipinski definition) is 4. The molecule has 5 nitrogen and oxygen atoms in total. The first-order chi connectivity index (χ1) is 11.9. The van der Waals surface area contributed by atoms with Gasteiger partial charge in [0.1, 0.15) is 5.60 Å². The highest BCUT2D eigenvalue weighted by Gasteiger charge is 2.26. The molecule has 1 saturated heterocycles. The number of carbonyl (C=O) groups is 1. The third-order valence-electron chi connectivity index (χ3n) is 4.43. The van der Waals surface area contributed by atoms with E-state index in [9.17, 15) is 4.79 Å². The number of piperidine rings is 1. The number of amides is 1. The van der Waals surface area contributed by atoms with Crippen molar-refractivity contribution in [1.29, 1.82) is 0 Å². The van der Waals surface area contributed by atoms with Gasteiger partial charge in [0.25, 0.3) is 0 Å². The monoisotopic (exact) mass is 348 g/mol. The molecule has 0 aliphatic carbocycles. The Kier molecular flexibility index (Phi) is 7.26. The zero-order valence-corrected chi connectivity index (χ0v) is 16.0. The van der Waals surface area contributed by atoms with E-state index in [0.717, 1.165) is 39.0 Å². The van der Waals surface area contributed by atoms with Gasteiger partial charge in [0.15, 0.2) is 0 Å². The van der Waals surface area contributed by atoms with Crippen LogP contribution in [0.3, 0.4) is 0 Å². The zero-order chi connectivity index (χ0) is 18.3. The van der Waals surface area contributed by atoms with Crippen LogP contribution in [0, 0.1) is 5.92 Å². The molecular weight excluding hydrogens is 316 g/mol. The lowest BCUT2D eigenvalue weighted by molar-refractivity contribution is 0.0184. The van der Waals surface area contributed by atoms with Gasteiger partial charge in [-0.05, 0) is 57.2 Å². The predicted molar refractivity (Wildman–Crippen MR) is 99.4 cm³/mol. The number of carbonyl (C=O) groups excluding carboxylic acids is 1. The lowest BCUT2D eigenvalue weighted by atomic mass is 9.97. The summed E-state index contributed by atoms with van der Waals surface area (Å²) >= 11 is 0. The molecule has 1 heterocycles. The number of likely N-dealkylation sites (tertiary alicyclic amines) is 1. The van der Waals surface area contributed by atoms with Gasteiger partial charge in [-0.15, -0.1) is 0 Å². The number of benzene rings is 1. The molecule has 25 heavy (non-hydrogen) atoms. The largest absolute Gasteiger partial charge is 0.444 e. The smallest absolute Gasteiger partial charge is 0.410 e. The van der Waals surface area contributed by atoms with E-state index in [1.165, 1.54) is 11.1 Å². The summed E-state index contributed by atoms with van der Waals surface area (Å²) in [7, 11) is 1.72. The lowest BCUT2D eigenvalue weighted by Crippen LogP contribution is -2.43. The van der Waals surface area contributed by atoms with Crippen LogP contribution in [0.4, 0.5) is 4.79 Å². The second kappa shape index (κ2) is 9.20. The zero-order valence-electron chi connectivity index (χ0n) is 16.0. The van der Waals surface area contributed by atoms with Gasteiger partial charge in [0.2, 0.25) is 0 Å². The fourth-order valence-electron chi connectivity index (χ4n) is 3.08. The molecule has 1 fully saturated rings. The van der Waals surface area contributed by atoms with Crippen molar-refractivity contribution in [2.45, 2.75) is 52.4 Å². The number of methoxy groups -OCH3 is 1. The summed E-state index contributed by atoms with van der Waals surface area (Å²) in [6.45, 7) is 9.75. The highest BCUT2D eigenvalue weighted by molar-refractivity contribution is 5.68. The minimum Gasteiger partial charge on any atom is -0.444 e. The Balaban J connectivity index is 1.72. The summed E-state index contributed by atoms with van der Waals surface area (Å²) < 4.78 is 10.7. The molecule has 0 spiro atoms. The first kappa shape index (κ1) is 19.7. The lowest BCUT2D eigenvalue weighted by Gasteiger charge is -2.33. The summed E-state index contributed by atoms with van der Waals surface area (Å²) in [4.78, 5) is 13.9. The first-order valence-electron chi connectivity index (χ1n) is 9.13. The van der Waals surface area contributed by atoms with Crippen molar-refractivity contribution >= 4 is 6.09 Å². The van der Waals surface area contributed by atoms with Gasteiger partial charge in [-0.25, -0.2) is 4.79 Å². The Bertz CT molecular complexity index is 546. The average molecular weight is 348 g/mol.